The van der Waals surface area contributed by atoms with Gasteiger partial charge in [-0.05, 0) is 30.1 Å². The molecule has 0 radical (unpaired) electrons. The third-order valence-electron chi connectivity index (χ3n) is 3.44. The molecular weight excluding hydrogens is 270 g/mol. The first-order chi connectivity index (χ1) is 8.65. The van der Waals surface area contributed by atoms with Gasteiger partial charge in [0.1, 0.15) is 0 Å². The highest BCUT2D eigenvalue weighted by atomic mass is 32.2. The Hall–Kier alpha value is -0.0900. The van der Waals surface area contributed by atoms with E-state index in [0.29, 0.717) is 5.41 Å². The van der Waals surface area contributed by atoms with Crippen LogP contribution in [0.25, 0.3) is 0 Å². The van der Waals surface area contributed by atoms with Gasteiger partial charge in [-0.3, -0.25) is 0 Å². The van der Waals surface area contributed by atoms with Crippen LogP contribution in [-0.2, 0) is 10.0 Å². The first-order valence-corrected chi connectivity index (χ1v) is 9.45. The molecule has 0 aromatic heterocycles. The van der Waals surface area contributed by atoms with Gasteiger partial charge in [0, 0.05) is 13.1 Å². The summed E-state index contributed by atoms with van der Waals surface area (Å²) >= 11 is 0. The Morgan fingerprint density at radius 1 is 1.15 bits per heavy atom. The Kier molecular flexibility index (Phi) is 10.0. The number of hydrogen-bond donors (Lipinski definition) is 0. The van der Waals surface area contributed by atoms with Crippen LogP contribution in [0.1, 0.15) is 68.2 Å². The first-order valence-electron chi connectivity index (χ1n) is 7.60. The van der Waals surface area contributed by atoms with Crippen molar-refractivity contribution in [1.29, 1.82) is 0 Å². The number of nitrogens with zero attached hydrogens (tertiary/aromatic N) is 1. The van der Waals surface area contributed by atoms with E-state index >= 15 is 0 Å². The summed E-state index contributed by atoms with van der Waals surface area (Å²) in [5, 5.41) is 0. The van der Waals surface area contributed by atoms with Crippen molar-refractivity contribution >= 4 is 10.0 Å². The monoisotopic (exact) mass is 307 g/mol. The summed E-state index contributed by atoms with van der Waals surface area (Å²) in [5.74, 6) is 1.63. The second kappa shape index (κ2) is 9.04. The molecule has 3 nitrogen and oxygen atoms in total. The molecule has 0 aromatic rings. The molecule has 1 saturated heterocycles. The lowest BCUT2D eigenvalue weighted by molar-refractivity contribution is 0.0746. The molecule has 4 heteroatoms. The molecule has 0 bridgehead atoms. The summed E-state index contributed by atoms with van der Waals surface area (Å²) in [5.41, 5.74) is 0.364. The van der Waals surface area contributed by atoms with Gasteiger partial charge in [0.15, 0.2) is 0 Å². The van der Waals surface area contributed by atoms with Gasteiger partial charge in [0.25, 0.3) is 0 Å². The lowest BCUT2D eigenvalue weighted by Gasteiger charge is -2.46. The van der Waals surface area contributed by atoms with Crippen LogP contribution in [0.3, 0.4) is 0 Å². The minimum absolute atomic E-state index is 0. The van der Waals surface area contributed by atoms with Crippen molar-refractivity contribution in [2.24, 2.45) is 17.3 Å². The van der Waals surface area contributed by atoms with E-state index < -0.39 is 10.0 Å². The Bertz CT molecular complexity index is 341. The molecule has 1 spiro atoms. The summed E-state index contributed by atoms with van der Waals surface area (Å²) in [4.78, 5) is 0. The van der Waals surface area contributed by atoms with Gasteiger partial charge < -0.3 is 0 Å². The molecule has 2 fully saturated rings. The molecule has 2 rings (SSSR count). The van der Waals surface area contributed by atoms with E-state index in [0.717, 1.165) is 24.9 Å². The minimum atomic E-state index is -2.91. The molecule has 0 N–H and O–H groups in total. The molecule has 1 aliphatic heterocycles. The van der Waals surface area contributed by atoms with Crippen LogP contribution in [0.2, 0.25) is 0 Å². The average molecular weight is 308 g/mol. The lowest BCUT2D eigenvalue weighted by Crippen LogP contribution is -2.56. The van der Waals surface area contributed by atoms with Crippen LogP contribution in [0, 0.1) is 17.3 Å². The van der Waals surface area contributed by atoms with Crippen molar-refractivity contribution < 1.29 is 8.42 Å². The summed E-state index contributed by atoms with van der Waals surface area (Å²) in [6.07, 6.45) is 5.02. The zero-order valence-corrected chi connectivity index (χ0v) is 14.7. The zero-order chi connectivity index (χ0) is 15.3. The molecular formula is C16H37NO2S. The fraction of sp³-hybridized carbons (Fsp3) is 1.00. The topological polar surface area (TPSA) is 37.4 Å². The van der Waals surface area contributed by atoms with Crippen molar-refractivity contribution in [2.75, 3.05) is 19.3 Å². The standard InChI is InChI=1S/C9H17NO2S.C4H10.C2H6.CH4/c1-8-3-4-9(5-8)6-10(7-9)13(2,11)12;1-4(2)3;1-2;/h8H,3-7H2,1-2H3;4H,1-3H3;1-2H3;1H4. The van der Waals surface area contributed by atoms with Gasteiger partial charge >= 0.3 is 0 Å². The number of sulfonamides is 1. The Balaban J connectivity index is 0. The van der Waals surface area contributed by atoms with Crippen LogP contribution in [0.4, 0.5) is 0 Å². The summed E-state index contributed by atoms with van der Waals surface area (Å²) in [6.45, 7) is 14.3. The van der Waals surface area contributed by atoms with E-state index in [1.54, 1.807) is 4.31 Å². The average Bonchev–Trinajstić information content (AvgIpc) is 2.59. The second-order valence-corrected chi connectivity index (χ2v) is 8.59. The molecule has 2 aliphatic rings. The van der Waals surface area contributed by atoms with E-state index in [9.17, 15) is 8.42 Å². The largest absolute Gasteiger partial charge is 0.213 e. The molecule has 1 atom stereocenters. The zero-order valence-electron chi connectivity index (χ0n) is 13.9. The third kappa shape index (κ3) is 7.07. The van der Waals surface area contributed by atoms with Crippen molar-refractivity contribution in [1.82, 2.24) is 4.31 Å². The van der Waals surface area contributed by atoms with Gasteiger partial charge in [-0.25, -0.2) is 12.7 Å². The van der Waals surface area contributed by atoms with Gasteiger partial charge in [-0.1, -0.05) is 55.4 Å². The van der Waals surface area contributed by atoms with E-state index in [2.05, 4.69) is 27.7 Å². The van der Waals surface area contributed by atoms with Crippen molar-refractivity contribution in [3.63, 3.8) is 0 Å². The maximum absolute atomic E-state index is 11.2. The predicted molar refractivity (Wildman–Crippen MR) is 90.5 cm³/mol. The van der Waals surface area contributed by atoms with Crippen LogP contribution < -0.4 is 0 Å². The molecule has 1 saturated carbocycles. The summed E-state index contributed by atoms with van der Waals surface area (Å²) in [6, 6.07) is 0. The molecule has 1 unspecified atom stereocenters. The van der Waals surface area contributed by atoms with E-state index in [1.165, 1.54) is 25.5 Å². The van der Waals surface area contributed by atoms with Crippen LogP contribution in [0.5, 0.6) is 0 Å². The predicted octanol–water partition coefficient (Wildman–Crippen LogP) is 4.39. The smallest absolute Gasteiger partial charge is 0.211 e. The maximum atomic E-state index is 11.2. The second-order valence-electron chi connectivity index (χ2n) is 6.61. The lowest BCUT2D eigenvalue weighted by atomic mass is 9.79. The summed E-state index contributed by atoms with van der Waals surface area (Å²) in [7, 11) is -2.91. The van der Waals surface area contributed by atoms with E-state index in [-0.39, 0.29) is 7.43 Å². The first kappa shape index (κ1) is 22.2. The van der Waals surface area contributed by atoms with E-state index in [4.69, 9.17) is 0 Å². The minimum Gasteiger partial charge on any atom is -0.213 e. The quantitative estimate of drug-likeness (QED) is 0.720. The van der Waals surface area contributed by atoms with Crippen molar-refractivity contribution in [3.8, 4) is 0 Å². The van der Waals surface area contributed by atoms with Crippen molar-refractivity contribution in [3.05, 3.63) is 0 Å². The van der Waals surface area contributed by atoms with Crippen molar-refractivity contribution in [2.45, 2.75) is 68.2 Å². The van der Waals surface area contributed by atoms with E-state index in [1.807, 2.05) is 13.8 Å². The SMILES string of the molecule is C.CC.CC(C)C.CC1CCC2(C1)CN(S(C)(=O)=O)C2. The molecule has 20 heavy (non-hydrogen) atoms. The van der Waals surface area contributed by atoms with Crippen LogP contribution >= 0.6 is 0 Å². The number of hydrogen-bond acceptors (Lipinski definition) is 2. The fourth-order valence-corrected chi connectivity index (χ4v) is 3.74. The highest BCUT2D eigenvalue weighted by Crippen LogP contribution is 2.48. The fourth-order valence-electron chi connectivity index (χ4n) is 2.72. The van der Waals surface area contributed by atoms with Crippen LogP contribution in [0.15, 0.2) is 0 Å². The van der Waals surface area contributed by atoms with Gasteiger partial charge in [-0.2, -0.15) is 0 Å². The normalized spacial score (nSPS) is 23.9. The highest BCUT2D eigenvalue weighted by Gasteiger charge is 2.49. The van der Waals surface area contributed by atoms with Gasteiger partial charge in [-0.15, -0.1) is 0 Å². The van der Waals surface area contributed by atoms with Crippen LogP contribution in [-0.4, -0.2) is 32.1 Å². The Morgan fingerprint density at radius 2 is 1.55 bits per heavy atom. The molecule has 1 heterocycles. The number of rotatable bonds is 1. The Morgan fingerprint density at radius 3 is 1.80 bits per heavy atom. The van der Waals surface area contributed by atoms with Gasteiger partial charge in [0.05, 0.1) is 6.26 Å². The molecule has 1 aliphatic carbocycles. The highest BCUT2D eigenvalue weighted by molar-refractivity contribution is 7.88. The molecule has 0 aromatic carbocycles. The third-order valence-corrected chi connectivity index (χ3v) is 4.64. The Labute approximate surface area is 128 Å². The van der Waals surface area contributed by atoms with Gasteiger partial charge in [0.2, 0.25) is 10.0 Å². The summed E-state index contributed by atoms with van der Waals surface area (Å²) < 4.78 is 23.9. The maximum Gasteiger partial charge on any atom is 0.211 e. The molecule has 0 amide bonds. The molecule has 124 valence electrons.